The van der Waals surface area contributed by atoms with Gasteiger partial charge >= 0.3 is 0 Å². The van der Waals surface area contributed by atoms with Crippen molar-refractivity contribution >= 4 is 23.3 Å². The molecule has 2 aromatic rings. The van der Waals surface area contributed by atoms with Crippen molar-refractivity contribution in [3.8, 4) is 0 Å². The molecule has 1 N–H and O–H groups in total. The van der Waals surface area contributed by atoms with Crippen LogP contribution in [0.3, 0.4) is 0 Å². The van der Waals surface area contributed by atoms with Gasteiger partial charge in [-0.25, -0.2) is 14.4 Å². The first-order valence-electron chi connectivity index (χ1n) is 7.38. The van der Waals surface area contributed by atoms with E-state index in [1.54, 1.807) is 24.1 Å². The number of nitrogens with one attached hydrogen (secondary N) is 1. The first-order valence-corrected chi connectivity index (χ1v) is 7.75. The van der Waals surface area contributed by atoms with Crippen molar-refractivity contribution in [2.24, 2.45) is 7.05 Å². The number of hydrogen-bond acceptors (Lipinski definition) is 4. The predicted octanol–water partition coefficient (Wildman–Crippen LogP) is 2.01. The van der Waals surface area contributed by atoms with Crippen LogP contribution in [-0.4, -0.2) is 39.6 Å². The highest BCUT2D eigenvalue weighted by Crippen LogP contribution is 2.23. The first kappa shape index (κ1) is 15.7. The van der Waals surface area contributed by atoms with Crippen LogP contribution < -0.4 is 10.2 Å². The maximum Gasteiger partial charge on any atom is 0.271 e. The Labute approximate surface area is 138 Å². The van der Waals surface area contributed by atoms with Gasteiger partial charge in [0.25, 0.3) is 5.91 Å². The molecule has 3 rings (SSSR count). The summed E-state index contributed by atoms with van der Waals surface area (Å²) in [5.41, 5.74) is 0.375. The molecule has 2 aromatic heterocycles. The Balaban J connectivity index is 1.67. The maximum atomic E-state index is 14.0. The topological polar surface area (TPSA) is 63.1 Å². The van der Waals surface area contributed by atoms with E-state index in [0.717, 1.165) is 12.8 Å². The third kappa shape index (κ3) is 3.61. The highest BCUT2D eigenvalue weighted by atomic mass is 35.5. The number of nitrogens with zero attached hydrogens (tertiary/aromatic N) is 4. The molecule has 1 aliphatic rings. The van der Waals surface area contributed by atoms with Crippen LogP contribution in [0.15, 0.2) is 24.8 Å². The molecule has 0 bridgehead atoms. The summed E-state index contributed by atoms with van der Waals surface area (Å²) in [5.74, 6) is -0.401. The van der Waals surface area contributed by atoms with E-state index in [-0.39, 0.29) is 22.8 Å². The van der Waals surface area contributed by atoms with Crippen LogP contribution >= 0.6 is 11.6 Å². The van der Waals surface area contributed by atoms with Gasteiger partial charge in [0.2, 0.25) is 0 Å². The van der Waals surface area contributed by atoms with Crippen LogP contribution in [0.1, 0.15) is 23.3 Å². The summed E-state index contributed by atoms with van der Waals surface area (Å²) in [5, 5.41) is 3.21. The normalized spacial score (nSPS) is 18.0. The van der Waals surface area contributed by atoms with E-state index in [1.807, 2.05) is 4.90 Å². The Hall–Kier alpha value is -2.15. The zero-order chi connectivity index (χ0) is 16.4. The number of pyridine rings is 1. The monoisotopic (exact) mass is 337 g/mol. The fourth-order valence-electron chi connectivity index (χ4n) is 2.72. The largest absolute Gasteiger partial charge is 0.352 e. The van der Waals surface area contributed by atoms with E-state index in [0.29, 0.717) is 18.8 Å². The molecular weight excluding hydrogens is 321 g/mol. The average molecular weight is 338 g/mol. The molecule has 1 amide bonds. The number of imidazole rings is 1. The van der Waals surface area contributed by atoms with Crippen LogP contribution in [0.5, 0.6) is 0 Å². The number of carbonyl (C=O) groups is 1. The van der Waals surface area contributed by atoms with Crippen LogP contribution in [0.25, 0.3) is 0 Å². The van der Waals surface area contributed by atoms with E-state index in [4.69, 9.17) is 11.6 Å². The Kier molecular flexibility index (Phi) is 4.47. The lowest BCUT2D eigenvalue weighted by molar-refractivity contribution is 0.0928. The van der Waals surface area contributed by atoms with Gasteiger partial charge in [-0.1, -0.05) is 11.6 Å². The number of amides is 1. The number of aromatic nitrogens is 3. The first-order chi connectivity index (χ1) is 11.0. The van der Waals surface area contributed by atoms with Crippen molar-refractivity contribution < 1.29 is 9.18 Å². The lowest BCUT2D eigenvalue weighted by Gasteiger charge is -2.34. The van der Waals surface area contributed by atoms with Crippen molar-refractivity contribution in [3.63, 3.8) is 0 Å². The van der Waals surface area contributed by atoms with Crippen LogP contribution in [0, 0.1) is 5.82 Å². The minimum atomic E-state index is -0.450. The minimum Gasteiger partial charge on any atom is -0.352 e. The molecule has 1 atom stereocenters. The summed E-state index contributed by atoms with van der Waals surface area (Å²) >= 11 is 5.74. The summed E-state index contributed by atoms with van der Waals surface area (Å²) in [6, 6.07) is 1.18. The van der Waals surface area contributed by atoms with Crippen molar-refractivity contribution in [1.82, 2.24) is 19.9 Å². The predicted molar refractivity (Wildman–Crippen MR) is 85.1 cm³/mol. The second kappa shape index (κ2) is 6.54. The average Bonchev–Trinajstić information content (AvgIpc) is 2.94. The number of rotatable bonds is 3. The fourth-order valence-corrected chi connectivity index (χ4v) is 2.86. The number of hydrogen-bond donors (Lipinski definition) is 1. The zero-order valence-corrected chi connectivity index (χ0v) is 13.4. The van der Waals surface area contributed by atoms with Gasteiger partial charge in [-0.3, -0.25) is 4.79 Å². The van der Waals surface area contributed by atoms with Crippen molar-refractivity contribution in [3.05, 3.63) is 41.3 Å². The van der Waals surface area contributed by atoms with Gasteiger partial charge in [0.1, 0.15) is 5.69 Å². The van der Waals surface area contributed by atoms with Crippen LogP contribution in [0.2, 0.25) is 5.02 Å². The molecule has 6 nitrogen and oxygen atoms in total. The summed E-state index contributed by atoms with van der Waals surface area (Å²) in [7, 11) is 1.81. The summed E-state index contributed by atoms with van der Waals surface area (Å²) < 4.78 is 15.7. The molecular formula is C15H17ClFN5O. The van der Waals surface area contributed by atoms with Gasteiger partial charge < -0.3 is 14.8 Å². The van der Waals surface area contributed by atoms with Gasteiger partial charge in [0, 0.05) is 38.6 Å². The number of carbonyl (C=O) groups excluding carboxylic acids is 1. The fraction of sp³-hybridized carbons (Fsp3) is 0.400. The Morgan fingerprint density at radius 1 is 1.48 bits per heavy atom. The highest BCUT2D eigenvalue weighted by Gasteiger charge is 2.25. The van der Waals surface area contributed by atoms with Gasteiger partial charge in [-0.15, -0.1) is 0 Å². The smallest absolute Gasteiger partial charge is 0.271 e. The SMILES string of the molecule is Cn1cnc(C(=O)NC2CCCN(c3ncc(Cl)cc3F)C2)c1. The number of anilines is 1. The molecule has 1 saturated heterocycles. The molecule has 1 aliphatic heterocycles. The molecule has 0 spiro atoms. The van der Waals surface area contributed by atoms with E-state index >= 15 is 0 Å². The standard InChI is InChI=1S/C15H17ClFN5O/c1-21-8-13(19-9-21)15(23)20-11-3-2-4-22(7-11)14-12(17)5-10(16)6-18-14/h5-6,8-9,11H,2-4,7H2,1H3,(H,20,23). The molecule has 1 fully saturated rings. The van der Waals surface area contributed by atoms with E-state index in [9.17, 15) is 9.18 Å². The van der Waals surface area contributed by atoms with E-state index in [2.05, 4.69) is 15.3 Å². The quantitative estimate of drug-likeness (QED) is 0.930. The van der Waals surface area contributed by atoms with Crippen molar-refractivity contribution in [1.29, 1.82) is 0 Å². The van der Waals surface area contributed by atoms with Gasteiger partial charge in [-0.05, 0) is 18.9 Å². The van der Waals surface area contributed by atoms with Crippen molar-refractivity contribution in [2.45, 2.75) is 18.9 Å². The van der Waals surface area contributed by atoms with Gasteiger partial charge in [0.05, 0.1) is 11.3 Å². The molecule has 3 heterocycles. The Morgan fingerprint density at radius 3 is 3.00 bits per heavy atom. The molecule has 23 heavy (non-hydrogen) atoms. The Morgan fingerprint density at radius 2 is 2.30 bits per heavy atom. The summed E-state index contributed by atoms with van der Waals surface area (Å²) in [6.07, 6.45) is 6.35. The Bertz CT molecular complexity index is 720. The third-order valence-corrected chi connectivity index (χ3v) is 3.99. The van der Waals surface area contributed by atoms with Gasteiger partial charge in [-0.2, -0.15) is 0 Å². The summed E-state index contributed by atoms with van der Waals surface area (Å²) in [4.78, 5) is 22.1. The maximum absolute atomic E-state index is 14.0. The second-order valence-electron chi connectivity index (χ2n) is 5.64. The zero-order valence-electron chi connectivity index (χ0n) is 12.7. The molecule has 122 valence electrons. The van der Waals surface area contributed by atoms with E-state index in [1.165, 1.54) is 12.3 Å². The lowest BCUT2D eigenvalue weighted by atomic mass is 10.1. The summed E-state index contributed by atoms with van der Waals surface area (Å²) in [6.45, 7) is 1.20. The highest BCUT2D eigenvalue weighted by molar-refractivity contribution is 6.30. The minimum absolute atomic E-state index is 0.0739. The van der Waals surface area contributed by atoms with Crippen LogP contribution in [0.4, 0.5) is 10.2 Å². The molecule has 0 aliphatic carbocycles. The molecule has 8 heteroatoms. The van der Waals surface area contributed by atoms with Crippen LogP contribution in [-0.2, 0) is 7.05 Å². The lowest BCUT2D eigenvalue weighted by Crippen LogP contribution is -2.48. The van der Waals surface area contributed by atoms with Crippen molar-refractivity contribution in [2.75, 3.05) is 18.0 Å². The number of aryl methyl sites for hydroxylation is 1. The third-order valence-electron chi connectivity index (χ3n) is 3.78. The number of halogens is 2. The molecule has 1 unspecified atom stereocenters. The molecule has 0 radical (unpaired) electrons. The number of piperidine rings is 1. The molecule has 0 saturated carbocycles. The second-order valence-corrected chi connectivity index (χ2v) is 6.08. The van der Waals surface area contributed by atoms with E-state index < -0.39 is 5.82 Å². The molecule has 0 aromatic carbocycles. The van der Waals surface area contributed by atoms with Gasteiger partial charge in [0.15, 0.2) is 11.6 Å².